The van der Waals surface area contributed by atoms with E-state index in [9.17, 15) is 8.42 Å². The van der Waals surface area contributed by atoms with E-state index in [0.29, 0.717) is 19.0 Å². The van der Waals surface area contributed by atoms with E-state index < -0.39 is 10.0 Å². The van der Waals surface area contributed by atoms with E-state index in [2.05, 4.69) is 10.3 Å². The number of rotatable bonds is 7. The highest BCUT2D eigenvalue weighted by Gasteiger charge is 2.37. The van der Waals surface area contributed by atoms with Crippen LogP contribution in [0.4, 0.5) is 5.82 Å². The molecule has 0 spiro atoms. The molecule has 1 heterocycles. The Morgan fingerprint density at radius 2 is 2.21 bits per heavy atom. The Balaban J connectivity index is 2.22. The van der Waals surface area contributed by atoms with Gasteiger partial charge >= 0.3 is 0 Å². The highest BCUT2D eigenvalue weighted by molar-refractivity contribution is 7.89. The van der Waals surface area contributed by atoms with Crippen molar-refractivity contribution in [1.82, 2.24) is 9.29 Å². The number of ether oxygens (including phenoxy) is 1. The third-order valence-electron chi connectivity index (χ3n) is 3.07. The van der Waals surface area contributed by atoms with E-state index in [-0.39, 0.29) is 10.9 Å². The van der Waals surface area contributed by atoms with Crippen LogP contribution < -0.4 is 5.32 Å². The molecule has 19 heavy (non-hydrogen) atoms. The normalized spacial score (nSPS) is 15.7. The summed E-state index contributed by atoms with van der Waals surface area (Å²) in [6, 6.07) is 3.36. The number of pyridine rings is 1. The number of nitrogens with zero attached hydrogens (tertiary/aromatic N) is 2. The number of hydrogen-bond acceptors (Lipinski definition) is 5. The molecule has 106 valence electrons. The summed E-state index contributed by atoms with van der Waals surface area (Å²) in [5, 5.41) is 2.86. The lowest BCUT2D eigenvalue weighted by Crippen LogP contribution is -2.35. The van der Waals surface area contributed by atoms with E-state index in [1.807, 2.05) is 0 Å². The first kappa shape index (κ1) is 14.2. The Labute approximate surface area is 113 Å². The van der Waals surface area contributed by atoms with Gasteiger partial charge in [-0.25, -0.2) is 13.4 Å². The van der Waals surface area contributed by atoms with E-state index in [4.69, 9.17) is 4.74 Å². The average molecular weight is 285 g/mol. The largest absolute Gasteiger partial charge is 0.383 e. The highest BCUT2D eigenvalue weighted by Crippen LogP contribution is 2.31. The maximum atomic E-state index is 12.5. The number of nitrogens with one attached hydrogen (secondary N) is 1. The van der Waals surface area contributed by atoms with Crippen molar-refractivity contribution in [2.24, 2.45) is 0 Å². The molecule has 7 heteroatoms. The summed E-state index contributed by atoms with van der Waals surface area (Å²) in [6.07, 6.45) is 3.24. The van der Waals surface area contributed by atoms with Crippen molar-refractivity contribution in [3.63, 3.8) is 0 Å². The molecule has 0 radical (unpaired) electrons. The lowest BCUT2D eigenvalue weighted by molar-refractivity contribution is 0.177. The fraction of sp³-hybridized carbons (Fsp3) is 0.583. The molecule has 0 bridgehead atoms. The Kier molecular flexibility index (Phi) is 4.38. The zero-order valence-electron chi connectivity index (χ0n) is 11.2. The summed E-state index contributed by atoms with van der Waals surface area (Å²) in [5.74, 6) is 0.647. The maximum absolute atomic E-state index is 12.5. The number of hydrogen-bond donors (Lipinski definition) is 1. The summed E-state index contributed by atoms with van der Waals surface area (Å²) in [5.41, 5.74) is 0. The molecular weight excluding hydrogens is 266 g/mol. The third kappa shape index (κ3) is 3.23. The van der Waals surface area contributed by atoms with Crippen molar-refractivity contribution in [3.05, 3.63) is 18.3 Å². The lowest BCUT2D eigenvalue weighted by atomic mass is 10.5. The molecule has 0 atom stereocenters. The summed E-state index contributed by atoms with van der Waals surface area (Å²) in [6.45, 7) is 0.787. The first-order chi connectivity index (χ1) is 9.09. The van der Waals surface area contributed by atoms with Gasteiger partial charge in [-0.2, -0.15) is 4.31 Å². The molecular formula is C12H19N3O3S. The van der Waals surface area contributed by atoms with Gasteiger partial charge in [-0.05, 0) is 25.0 Å². The summed E-state index contributed by atoms with van der Waals surface area (Å²) >= 11 is 0. The van der Waals surface area contributed by atoms with Gasteiger partial charge in [0.2, 0.25) is 10.0 Å². The van der Waals surface area contributed by atoms with Crippen LogP contribution in [0.3, 0.4) is 0 Å². The van der Waals surface area contributed by atoms with Crippen molar-refractivity contribution in [1.29, 1.82) is 0 Å². The van der Waals surface area contributed by atoms with Crippen LogP contribution in [0.5, 0.6) is 0 Å². The minimum absolute atomic E-state index is 0.115. The molecule has 0 aliphatic heterocycles. The summed E-state index contributed by atoms with van der Waals surface area (Å²) < 4.78 is 31.6. The highest BCUT2D eigenvalue weighted by atomic mass is 32.2. The Bertz CT molecular complexity index is 512. The molecule has 1 aromatic heterocycles. The number of anilines is 1. The van der Waals surface area contributed by atoms with Gasteiger partial charge in [0.05, 0.1) is 6.61 Å². The quantitative estimate of drug-likeness (QED) is 0.806. The minimum atomic E-state index is -3.47. The van der Waals surface area contributed by atoms with E-state index in [1.165, 1.54) is 10.5 Å². The molecule has 1 N–H and O–H groups in total. The molecule has 1 saturated carbocycles. The van der Waals surface area contributed by atoms with Crippen LogP contribution in [0.25, 0.3) is 0 Å². The summed E-state index contributed by atoms with van der Waals surface area (Å²) in [7, 11) is -0.160. The second-order valence-electron chi connectivity index (χ2n) is 4.47. The van der Waals surface area contributed by atoms with Crippen LogP contribution in [-0.2, 0) is 14.8 Å². The van der Waals surface area contributed by atoms with Crippen LogP contribution in [0.1, 0.15) is 12.8 Å². The zero-order valence-corrected chi connectivity index (χ0v) is 12.0. The first-order valence-corrected chi connectivity index (χ1v) is 7.68. The lowest BCUT2D eigenvalue weighted by Gasteiger charge is -2.21. The van der Waals surface area contributed by atoms with Gasteiger partial charge in [-0.15, -0.1) is 0 Å². The fourth-order valence-electron chi connectivity index (χ4n) is 1.86. The SMILES string of the molecule is CNc1ccc(S(=O)(=O)N(CCOC)C2CC2)cn1. The Morgan fingerprint density at radius 1 is 1.47 bits per heavy atom. The van der Waals surface area contributed by atoms with Crippen LogP contribution in [0, 0.1) is 0 Å². The van der Waals surface area contributed by atoms with Crippen LogP contribution in [0.2, 0.25) is 0 Å². The van der Waals surface area contributed by atoms with Gasteiger partial charge in [0.15, 0.2) is 0 Å². The molecule has 1 aliphatic carbocycles. The minimum Gasteiger partial charge on any atom is -0.383 e. The van der Waals surface area contributed by atoms with Gasteiger partial charge in [-0.3, -0.25) is 0 Å². The van der Waals surface area contributed by atoms with Crippen molar-refractivity contribution in [2.45, 2.75) is 23.8 Å². The average Bonchev–Trinajstić information content (AvgIpc) is 3.23. The molecule has 0 unspecified atom stereocenters. The van der Waals surface area contributed by atoms with Gasteiger partial charge < -0.3 is 10.1 Å². The molecule has 1 fully saturated rings. The number of sulfonamides is 1. The summed E-state index contributed by atoms with van der Waals surface area (Å²) in [4.78, 5) is 4.29. The molecule has 0 aromatic carbocycles. The number of aromatic nitrogens is 1. The van der Waals surface area contributed by atoms with Crippen molar-refractivity contribution < 1.29 is 13.2 Å². The van der Waals surface area contributed by atoms with Crippen molar-refractivity contribution in [2.75, 3.05) is 32.6 Å². The molecule has 1 aliphatic rings. The third-order valence-corrected chi connectivity index (χ3v) is 5.00. The van der Waals surface area contributed by atoms with Gasteiger partial charge in [0.1, 0.15) is 10.7 Å². The molecule has 2 rings (SSSR count). The van der Waals surface area contributed by atoms with Gasteiger partial charge in [-0.1, -0.05) is 0 Å². The smallest absolute Gasteiger partial charge is 0.244 e. The first-order valence-electron chi connectivity index (χ1n) is 6.24. The van der Waals surface area contributed by atoms with Crippen LogP contribution in [0.15, 0.2) is 23.2 Å². The number of methoxy groups -OCH3 is 1. The second kappa shape index (κ2) is 5.85. The zero-order chi connectivity index (χ0) is 13.9. The maximum Gasteiger partial charge on any atom is 0.244 e. The molecule has 6 nitrogen and oxygen atoms in total. The Hall–Kier alpha value is -1.18. The van der Waals surface area contributed by atoms with Gasteiger partial charge in [0.25, 0.3) is 0 Å². The topological polar surface area (TPSA) is 71.5 Å². The predicted octanol–water partition coefficient (Wildman–Crippen LogP) is 0.923. The van der Waals surface area contributed by atoms with Crippen LogP contribution in [-0.4, -0.2) is 51.1 Å². The van der Waals surface area contributed by atoms with E-state index in [0.717, 1.165) is 12.8 Å². The predicted molar refractivity (Wildman–Crippen MR) is 72.6 cm³/mol. The van der Waals surface area contributed by atoms with Gasteiger partial charge in [0, 0.05) is 32.9 Å². The monoisotopic (exact) mass is 285 g/mol. The molecule has 1 aromatic rings. The van der Waals surface area contributed by atoms with E-state index >= 15 is 0 Å². The molecule has 0 amide bonds. The molecule has 0 saturated heterocycles. The fourth-order valence-corrected chi connectivity index (χ4v) is 3.47. The van der Waals surface area contributed by atoms with Crippen molar-refractivity contribution >= 4 is 15.8 Å². The second-order valence-corrected chi connectivity index (χ2v) is 6.36. The Morgan fingerprint density at radius 3 is 2.68 bits per heavy atom. The standard InChI is InChI=1S/C12H19N3O3S/c1-13-12-6-5-11(9-14-12)19(16,17)15(7-8-18-2)10-3-4-10/h5-6,9-10H,3-4,7-8H2,1-2H3,(H,13,14). The van der Waals surface area contributed by atoms with Crippen molar-refractivity contribution in [3.8, 4) is 0 Å². The van der Waals surface area contributed by atoms with Crippen LogP contribution >= 0.6 is 0 Å². The van der Waals surface area contributed by atoms with E-state index in [1.54, 1.807) is 26.3 Å².